The Morgan fingerprint density at radius 2 is 1.77 bits per heavy atom. The largest absolute Gasteiger partial charge is 0.436 e. The van der Waals surface area contributed by atoms with E-state index in [0.29, 0.717) is 17.7 Å². The molecule has 3 heterocycles. The number of nitrogens with one attached hydrogen (secondary N) is 2. The quantitative estimate of drug-likeness (QED) is 0.659. The van der Waals surface area contributed by atoms with Gasteiger partial charge in [-0.2, -0.15) is 13.2 Å². The molecule has 11 heteroatoms. The normalized spacial score (nSPS) is 18.9. The molecule has 3 aromatic heterocycles. The van der Waals surface area contributed by atoms with E-state index in [1.165, 1.54) is 10.6 Å². The van der Waals surface area contributed by atoms with Crippen molar-refractivity contribution in [1.29, 1.82) is 0 Å². The second-order valence-corrected chi connectivity index (χ2v) is 6.97. The molecule has 3 aromatic rings. The third-order valence-electron chi connectivity index (χ3n) is 4.82. The van der Waals surface area contributed by atoms with Gasteiger partial charge in [-0.1, -0.05) is 6.07 Å². The summed E-state index contributed by atoms with van der Waals surface area (Å²) in [7, 11) is 0. The smallest absolute Gasteiger partial charge is 0.367 e. The summed E-state index contributed by atoms with van der Waals surface area (Å²) in [6, 6.07) is 8.70. The summed E-state index contributed by atoms with van der Waals surface area (Å²) in [5.74, 6) is 0.755. The van der Waals surface area contributed by atoms with Gasteiger partial charge >= 0.3 is 6.18 Å². The minimum atomic E-state index is -4.56. The maximum atomic E-state index is 12.5. The zero-order valence-electron chi connectivity index (χ0n) is 15.7. The summed E-state index contributed by atoms with van der Waals surface area (Å²) in [5.41, 5.74) is -0.583. The Morgan fingerprint density at radius 3 is 2.40 bits per heavy atom. The Bertz CT molecular complexity index is 1050. The molecule has 0 aliphatic heterocycles. The van der Waals surface area contributed by atoms with E-state index in [0.717, 1.165) is 19.3 Å². The molecule has 1 fully saturated rings. The molecule has 8 nitrogen and oxygen atoms in total. The SMILES string of the molecule is O=c1ccccn1-c1ccc(N[C@H]2CC[C@H](Nc3ncc(C(F)(F)F)nn3)C2)nc1. The minimum absolute atomic E-state index is 0.0169. The first-order valence-electron chi connectivity index (χ1n) is 9.32. The first kappa shape index (κ1) is 19.8. The predicted octanol–water partition coefficient (Wildman–Crippen LogP) is 2.88. The molecule has 4 rings (SSSR count). The lowest BCUT2D eigenvalue weighted by molar-refractivity contribution is -0.142. The number of pyridine rings is 2. The van der Waals surface area contributed by atoms with Crippen LogP contribution in [-0.2, 0) is 6.18 Å². The summed E-state index contributed by atoms with van der Waals surface area (Å²) in [5, 5.41) is 13.0. The number of anilines is 2. The number of hydrogen-bond donors (Lipinski definition) is 2. The average molecular weight is 417 g/mol. The molecule has 0 aromatic carbocycles. The van der Waals surface area contributed by atoms with E-state index in [-0.39, 0.29) is 23.6 Å². The van der Waals surface area contributed by atoms with Crippen molar-refractivity contribution in [2.45, 2.75) is 37.5 Å². The van der Waals surface area contributed by atoms with Crippen LogP contribution in [0.5, 0.6) is 0 Å². The Hall–Kier alpha value is -3.50. The Kier molecular flexibility index (Phi) is 5.34. The topological polar surface area (TPSA) is 97.6 Å². The van der Waals surface area contributed by atoms with E-state index in [2.05, 4.69) is 30.8 Å². The monoisotopic (exact) mass is 417 g/mol. The first-order chi connectivity index (χ1) is 14.4. The fourth-order valence-corrected chi connectivity index (χ4v) is 3.36. The van der Waals surface area contributed by atoms with Crippen LogP contribution in [0.1, 0.15) is 25.0 Å². The van der Waals surface area contributed by atoms with Gasteiger partial charge in [0.15, 0.2) is 5.69 Å². The molecule has 2 atom stereocenters. The lowest BCUT2D eigenvalue weighted by Gasteiger charge is -2.15. The molecule has 1 saturated carbocycles. The van der Waals surface area contributed by atoms with Gasteiger partial charge in [-0.25, -0.2) is 9.97 Å². The van der Waals surface area contributed by atoms with Crippen molar-refractivity contribution in [2.24, 2.45) is 0 Å². The van der Waals surface area contributed by atoms with Crippen LogP contribution >= 0.6 is 0 Å². The van der Waals surface area contributed by atoms with Crippen molar-refractivity contribution in [3.8, 4) is 5.69 Å². The molecule has 1 aliphatic carbocycles. The molecule has 0 amide bonds. The summed E-state index contributed by atoms with van der Waals surface area (Å²) in [6.07, 6.45) is 1.80. The maximum absolute atomic E-state index is 12.5. The van der Waals surface area contributed by atoms with Gasteiger partial charge in [-0.15, -0.1) is 10.2 Å². The molecule has 1 aliphatic rings. The molecule has 0 bridgehead atoms. The summed E-state index contributed by atoms with van der Waals surface area (Å²) < 4.78 is 39.1. The molecular weight excluding hydrogens is 399 g/mol. The first-order valence-corrected chi connectivity index (χ1v) is 9.32. The van der Waals surface area contributed by atoms with Gasteiger partial charge in [-0.3, -0.25) is 9.36 Å². The fourth-order valence-electron chi connectivity index (χ4n) is 3.36. The van der Waals surface area contributed by atoms with Crippen LogP contribution in [0.2, 0.25) is 0 Å². The molecule has 0 radical (unpaired) electrons. The zero-order chi connectivity index (χ0) is 21.1. The van der Waals surface area contributed by atoms with E-state index in [1.54, 1.807) is 30.6 Å². The summed E-state index contributed by atoms with van der Waals surface area (Å²) in [6.45, 7) is 0. The van der Waals surface area contributed by atoms with Crippen LogP contribution in [0.4, 0.5) is 24.9 Å². The number of nitrogens with zero attached hydrogens (tertiary/aromatic N) is 5. The standard InChI is InChI=1S/C19H18F3N7O/c20-19(21,22)15-11-24-18(28-27-15)26-13-5-4-12(9-13)25-16-7-6-14(10-23-16)29-8-2-1-3-17(29)30/h1-3,6-8,10-13H,4-5,9H2,(H,23,25)(H,24,26,28)/t12-,13-/m0/s1. The Morgan fingerprint density at radius 1 is 0.967 bits per heavy atom. The van der Waals surface area contributed by atoms with E-state index in [1.807, 2.05) is 6.07 Å². The van der Waals surface area contributed by atoms with Crippen LogP contribution < -0.4 is 16.2 Å². The van der Waals surface area contributed by atoms with Crippen molar-refractivity contribution >= 4 is 11.8 Å². The highest BCUT2D eigenvalue weighted by molar-refractivity contribution is 5.42. The number of aromatic nitrogens is 5. The van der Waals surface area contributed by atoms with E-state index in [4.69, 9.17) is 0 Å². The second-order valence-electron chi connectivity index (χ2n) is 6.97. The molecule has 0 spiro atoms. The number of halogens is 3. The lowest BCUT2D eigenvalue weighted by atomic mass is 10.2. The molecule has 0 saturated heterocycles. The number of alkyl halides is 3. The van der Waals surface area contributed by atoms with Gasteiger partial charge in [0.2, 0.25) is 5.95 Å². The van der Waals surface area contributed by atoms with E-state index < -0.39 is 11.9 Å². The van der Waals surface area contributed by atoms with Crippen molar-refractivity contribution < 1.29 is 13.2 Å². The molecule has 0 unspecified atom stereocenters. The number of hydrogen-bond acceptors (Lipinski definition) is 7. The Labute approximate surface area is 169 Å². The predicted molar refractivity (Wildman–Crippen MR) is 103 cm³/mol. The van der Waals surface area contributed by atoms with Crippen molar-refractivity contribution in [1.82, 2.24) is 24.7 Å². The minimum Gasteiger partial charge on any atom is -0.367 e. The van der Waals surface area contributed by atoms with E-state index in [9.17, 15) is 18.0 Å². The van der Waals surface area contributed by atoms with Crippen LogP contribution in [0.3, 0.4) is 0 Å². The zero-order valence-corrected chi connectivity index (χ0v) is 15.7. The maximum Gasteiger partial charge on any atom is 0.436 e. The molecular formula is C19H18F3N7O. The Balaban J connectivity index is 1.33. The van der Waals surface area contributed by atoms with Gasteiger partial charge in [0, 0.05) is 24.3 Å². The van der Waals surface area contributed by atoms with Crippen LogP contribution in [0.15, 0.2) is 53.7 Å². The van der Waals surface area contributed by atoms with Gasteiger partial charge < -0.3 is 10.6 Å². The van der Waals surface area contributed by atoms with Gasteiger partial charge in [0.05, 0.1) is 18.1 Å². The average Bonchev–Trinajstić information content (AvgIpc) is 3.15. The third kappa shape index (κ3) is 4.56. The fraction of sp³-hybridized carbons (Fsp3) is 0.316. The van der Waals surface area contributed by atoms with Crippen LogP contribution in [0.25, 0.3) is 5.69 Å². The molecule has 30 heavy (non-hydrogen) atoms. The van der Waals surface area contributed by atoms with Crippen molar-refractivity contribution in [3.63, 3.8) is 0 Å². The highest BCUT2D eigenvalue weighted by atomic mass is 19.4. The van der Waals surface area contributed by atoms with Crippen LogP contribution in [-0.4, -0.2) is 36.8 Å². The highest BCUT2D eigenvalue weighted by Crippen LogP contribution is 2.27. The number of rotatable bonds is 5. The van der Waals surface area contributed by atoms with Crippen molar-refractivity contribution in [3.05, 3.63) is 65.0 Å². The van der Waals surface area contributed by atoms with Gasteiger partial charge in [0.1, 0.15) is 5.82 Å². The summed E-state index contributed by atoms with van der Waals surface area (Å²) >= 11 is 0. The second kappa shape index (κ2) is 8.09. The van der Waals surface area contributed by atoms with E-state index >= 15 is 0 Å². The van der Waals surface area contributed by atoms with Gasteiger partial charge in [0.25, 0.3) is 5.56 Å². The van der Waals surface area contributed by atoms with Crippen LogP contribution in [0, 0.1) is 0 Å². The molecule has 2 N–H and O–H groups in total. The summed E-state index contributed by atoms with van der Waals surface area (Å²) in [4.78, 5) is 19.9. The van der Waals surface area contributed by atoms with Crippen molar-refractivity contribution in [2.75, 3.05) is 10.6 Å². The third-order valence-corrected chi connectivity index (χ3v) is 4.82. The van der Waals surface area contributed by atoms with Gasteiger partial charge in [-0.05, 0) is 37.5 Å². The highest BCUT2D eigenvalue weighted by Gasteiger charge is 2.34. The molecule has 156 valence electrons. The lowest BCUT2D eigenvalue weighted by Crippen LogP contribution is -2.22.